The van der Waals surface area contributed by atoms with Crippen LogP contribution in [0.25, 0.3) is 0 Å². The summed E-state index contributed by atoms with van der Waals surface area (Å²) in [5, 5.41) is 5.59. The molecule has 0 spiro atoms. The van der Waals surface area contributed by atoms with Crippen molar-refractivity contribution in [2.75, 3.05) is 18.4 Å². The van der Waals surface area contributed by atoms with Gasteiger partial charge in [0.05, 0.1) is 6.54 Å². The maximum absolute atomic E-state index is 12.2. The topological polar surface area (TPSA) is 75.4 Å². The summed E-state index contributed by atoms with van der Waals surface area (Å²) in [6, 6.07) is 1.55. The highest BCUT2D eigenvalue weighted by atomic mass is 35.5. The van der Waals surface area contributed by atoms with E-state index in [2.05, 4.69) is 15.0 Å². The van der Waals surface area contributed by atoms with Gasteiger partial charge < -0.3 is 14.7 Å². The van der Waals surface area contributed by atoms with Gasteiger partial charge in [-0.3, -0.25) is 9.59 Å². The smallest absolute Gasteiger partial charge is 0.245 e. The van der Waals surface area contributed by atoms with Gasteiger partial charge in [0.25, 0.3) is 0 Å². The second kappa shape index (κ2) is 8.17. The van der Waals surface area contributed by atoms with E-state index in [1.807, 2.05) is 0 Å². The summed E-state index contributed by atoms with van der Waals surface area (Å²) in [5.74, 6) is 0.292. The lowest BCUT2D eigenvalue weighted by molar-refractivity contribution is -0.134. The summed E-state index contributed by atoms with van der Waals surface area (Å²) in [6.45, 7) is 2.20. The highest BCUT2D eigenvalue weighted by molar-refractivity contribution is 6.30. The molecule has 1 aromatic heterocycles. The van der Waals surface area contributed by atoms with Crippen LogP contribution >= 0.6 is 11.6 Å². The molecule has 6 nitrogen and oxygen atoms in total. The lowest BCUT2D eigenvalue weighted by atomic mass is 9.89. The summed E-state index contributed by atoms with van der Waals surface area (Å²) in [4.78, 5) is 25.9. The summed E-state index contributed by atoms with van der Waals surface area (Å²) < 4.78 is 4.66. The Hall–Kier alpha value is -1.56. The maximum atomic E-state index is 12.2. The van der Waals surface area contributed by atoms with Crippen molar-refractivity contribution < 1.29 is 14.1 Å². The van der Waals surface area contributed by atoms with Crippen molar-refractivity contribution in [3.8, 4) is 0 Å². The van der Waals surface area contributed by atoms with Crippen LogP contribution in [0.2, 0.25) is 0 Å². The molecule has 0 saturated heterocycles. The molecule has 1 aliphatic rings. The zero-order valence-electron chi connectivity index (χ0n) is 12.8. The van der Waals surface area contributed by atoms with Crippen molar-refractivity contribution in [2.45, 2.75) is 44.4 Å². The molecule has 7 heteroatoms. The number of hydrogen-bond acceptors (Lipinski definition) is 4. The molecule has 122 valence electrons. The summed E-state index contributed by atoms with van der Waals surface area (Å²) in [7, 11) is 0. The van der Waals surface area contributed by atoms with Gasteiger partial charge in [0.2, 0.25) is 11.8 Å². The van der Waals surface area contributed by atoms with Crippen LogP contribution in [-0.4, -0.2) is 40.3 Å². The SMILES string of the molecule is CC(Cl)C(=O)N(CC(=O)Nc1ccon1)CC1CCCCC1. The molecule has 22 heavy (non-hydrogen) atoms. The normalized spacial score (nSPS) is 17.0. The molecule has 1 N–H and O–H groups in total. The first-order valence-corrected chi connectivity index (χ1v) is 8.13. The number of amides is 2. The average molecular weight is 328 g/mol. The van der Waals surface area contributed by atoms with Gasteiger partial charge in [-0.2, -0.15) is 0 Å². The number of carbonyl (C=O) groups excluding carboxylic acids is 2. The van der Waals surface area contributed by atoms with E-state index in [9.17, 15) is 9.59 Å². The van der Waals surface area contributed by atoms with E-state index in [1.54, 1.807) is 17.9 Å². The van der Waals surface area contributed by atoms with Gasteiger partial charge in [-0.05, 0) is 25.7 Å². The third kappa shape index (κ3) is 5.02. The van der Waals surface area contributed by atoms with E-state index >= 15 is 0 Å². The Morgan fingerprint density at radius 3 is 2.77 bits per heavy atom. The number of nitrogens with zero attached hydrogens (tertiary/aromatic N) is 2. The number of rotatable bonds is 6. The predicted octanol–water partition coefficient (Wildman–Crippen LogP) is 2.65. The van der Waals surface area contributed by atoms with Gasteiger partial charge in [-0.1, -0.05) is 24.4 Å². The van der Waals surface area contributed by atoms with Crippen molar-refractivity contribution in [1.29, 1.82) is 0 Å². The van der Waals surface area contributed by atoms with E-state index in [4.69, 9.17) is 11.6 Å². The molecule has 1 fully saturated rings. The fourth-order valence-electron chi connectivity index (χ4n) is 2.80. The molecule has 1 atom stereocenters. The first kappa shape index (κ1) is 16.8. The third-order valence-electron chi connectivity index (χ3n) is 3.90. The number of carbonyl (C=O) groups is 2. The standard InChI is InChI=1S/C15H22ClN3O3/c1-11(16)15(21)19(9-12-5-3-2-4-6-12)10-14(20)17-13-7-8-22-18-13/h7-8,11-12H,2-6,9-10H2,1H3,(H,17,18,20). The average Bonchev–Trinajstić information content (AvgIpc) is 2.99. The van der Waals surface area contributed by atoms with E-state index in [-0.39, 0.29) is 18.4 Å². The van der Waals surface area contributed by atoms with Crippen LogP contribution in [0.4, 0.5) is 5.82 Å². The molecule has 0 aliphatic heterocycles. The van der Waals surface area contributed by atoms with Crippen molar-refractivity contribution >= 4 is 29.2 Å². The minimum absolute atomic E-state index is 0.0146. The summed E-state index contributed by atoms with van der Waals surface area (Å²) in [5.41, 5.74) is 0. The van der Waals surface area contributed by atoms with Gasteiger partial charge in [-0.15, -0.1) is 11.6 Å². The highest BCUT2D eigenvalue weighted by Crippen LogP contribution is 2.24. The highest BCUT2D eigenvalue weighted by Gasteiger charge is 2.25. The Morgan fingerprint density at radius 2 is 2.18 bits per heavy atom. The van der Waals surface area contributed by atoms with Crippen molar-refractivity contribution in [2.24, 2.45) is 5.92 Å². The second-order valence-corrected chi connectivity index (χ2v) is 6.43. The van der Waals surface area contributed by atoms with E-state index in [0.29, 0.717) is 18.3 Å². The van der Waals surface area contributed by atoms with E-state index in [1.165, 1.54) is 25.5 Å². The molecule has 0 aromatic carbocycles. The van der Waals surface area contributed by atoms with Gasteiger partial charge in [-0.25, -0.2) is 0 Å². The van der Waals surface area contributed by atoms with Gasteiger partial charge in [0, 0.05) is 12.6 Å². The van der Waals surface area contributed by atoms with Crippen LogP contribution in [0.1, 0.15) is 39.0 Å². The maximum Gasteiger partial charge on any atom is 0.245 e. The fourth-order valence-corrected chi connectivity index (χ4v) is 2.94. The Bertz CT molecular complexity index is 484. The van der Waals surface area contributed by atoms with E-state index < -0.39 is 5.38 Å². The number of hydrogen-bond donors (Lipinski definition) is 1. The monoisotopic (exact) mass is 327 g/mol. The minimum atomic E-state index is -0.636. The van der Waals surface area contributed by atoms with Gasteiger partial charge in [0.1, 0.15) is 11.6 Å². The minimum Gasteiger partial charge on any atom is -0.363 e. The molecule has 2 rings (SSSR count). The molecule has 0 radical (unpaired) electrons. The molecule has 1 unspecified atom stereocenters. The molecule has 1 aromatic rings. The summed E-state index contributed by atoms with van der Waals surface area (Å²) >= 11 is 5.92. The first-order valence-electron chi connectivity index (χ1n) is 7.69. The molecule has 2 amide bonds. The number of nitrogens with one attached hydrogen (secondary N) is 1. The van der Waals surface area contributed by atoms with Crippen LogP contribution < -0.4 is 5.32 Å². The molecule has 1 aliphatic carbocycles. The molecular weight excluding hydrogens is 306 g/mol. The largest absolute Gasteiger partial charge is 0.363 e. The first-order chi connectivity index (χ1) is 10.6. The van der Waals surface area contributed by atoms with E-state index in [0.717, 1.165) is 12.8 Å². The van der Waals surface area contributed by atoms with Crippen LogP contribution in [0.5, 0.6) is 0 Å². The van der Waals surface area contributed by atoms with Crippen LogP contribution in [0.15, 0.2) is 16.9 Å². The lowest BCUT2D eigenvalue weighted by Gasteiger charge is -2.30. The summed E-state index contributed by atoms with van der Waals surface area (Å²) in [6.07, 6.45) is 7.21. The van der Waals surface area contributed by atoms with Crippen LogP contribution in [0.3, 0.4) is 0 Å². The number of aromatic nitrogens is 1. The van der Waals surface area contributed by atoms with Gasteiger partial charge >= 0.3 is 0 Å². The zero-order chi connectivity index (χ0) is 15.9. The molecular formula is C15H22ClN3O3. The molecule has 1 heterocycles. The van der Waals surface area contributed by atoms with Crippen molar-refractivity contribution in [1.82, 2.24) is 10.1 Å². The Morgan fingerprint density at radius 1 is 1.45 bits per heavy atom. The Balaban J connectivity index is 1.94. The van der Waals surface area contributed by atoms with Crippen LogP contribution in [-0.2, 0) is 9.59 Å². The van der Waals surface area contributed by atoms with Gasteiger partial charge in [0.15, 0.2) is 5.82 Å². The lowest BCUT2D eigenvalue weighted by Crippen LogP contribution is -2.44. The quantitative estimate of drug-likeness (QED) is 0.815. The predicted molar refractivity (Wildman–Crippen MR) is 83.6 cm³/mol. The molecule has 0 bridgehead atoms. The van der Waals surface area contributed by atoms with Crippen molar-refractivity contribution in [3.05, 3.63) is 12.3 Å². The number of anilines is 1. The molecule has 1 saturated carbocycles. The fraction of sp³-hybridized carbons (Fsp3) is 0.667. The zero-order valence-corrected chi connectivity index (χ0v) is 13.5. The van der Waals surface area contributed by atoms with Crippen molar-refractivity contribution in [3.63, 3.8) is 0 Å². The number of halogens is 1. The Kier molecular flexibility index (Phi) is 6.24. The van der Waals surface area contributed by atoms with Crippen LogP contribution in [0, 0.1) is 5.92 Å². The number of alkyl halides is 1. The Labute approximate surface area is 135 Å². The second-order valence-electron chi connectivity index (χ2n) is 5.77. The third-order valence-corrected chi connectivity index (χ3v) is 4.08.